The van der Waals surface area contributed by atoms with Crippen molar-refractivity contribution in [2.45, 2.75) is 39.2 Å². The Morgan fingerprint density at radius 1 is 1.47 bits per heavy atom. The van der Waals surface area contributed by atoms with Crippen LogP contribution in [0.5, 0.6) is 0 Å². The van der Waals surface area contributed by atoms with Gasteiger partial charge in [-0.1, -0.05) is 13.0 Å². The molecule has 3 heteroatoms. The summed E-state index contributed by atoms with van der Waals surface area (Å²) in [6, 6.07) is 0.416. The average Bonchev–Trinajstić information content (AvgIpc) is 2.28. The molecule has 1 rings (SSSR count). The summed E-state index contributed by atoms with van der Waals surface area (Å²) < 4.78 is 0. The Kier molecular flexibility index (Phi) is 4.82. The molecule has 86 valence electrons. The van der Waals surface area contributed by atoms with Crippen LogP contribution >= 0.6 is 0 Å². The highest BCUT2D eigenvalue weighted by Crippen LogP contribution is 2.12. The molecule has 15 heavy (non-hydrogen) atoms. The number of hydrogen-bond donors (Lipinski definition) is 1. The largest absolute Gasteiger partial charge is 0.339 e. The molecule has 1 aliphatic rings. The minimum atomic E-state index is 0.184. The van der Waals surface area contributed by atoms with Crippen LogP contribution in [0.2, 0.25) is 0 Å². The third kappa shape index (κ3) is 3.34. The van der Waals surface area contributed by atoms with E-state index in [-0.39, 0.29) is 5.91 Å². The average molecular weight is 210 g/mol. The molecule has 0 atom stereocenters. The summed E-state index contributed by atoms with van der Waals surface area (Å²) in [5, 5.41) is 3.31. The van der Waals surface area contributed by atoms with Gasteiger partial charge in [-0.05, 0) is 39.3 Å². The normalized spacial score (nSPS) is 19.0. The van der Waals surface area contributed by atoms with Crippen molar-refractivity contribution >= 4 is 5.91 Å². The second kappa shape index (κ2) is 5.91. The minimum Gasteiger partial charge on any atom is -0.339 e. The van der Waals surface area contributed by atoms with Crippen LogP contribution < -0.4 is 5.32 Å². The van der Waals surface area contributed by atoms with E-state index in [1.54, 1.807) is 0 Å². The van der Waals surface area contributed by atoms with E-state index < -0.39 is 0 Å². The molecule has 1 aliphatic heterocycles. The number of nitrogens with zero attached hydrogens (tertiary/aromatic N) is 1. The Bertz CT molecular complexity index is 242. The Labute approximate surface area is 92.5 Å². The molecule has 1 saturated heterocycles. The second-order valence-corrected chi connectivity index (χ2v) is 4.19. The summed E-state index contributed by atoms with van der Waals surface area (Å²) in [6.45, 7) is 6.02. The van der Waals surface area contributed by atoms with Crippen molar-refractivity contribution in [1.29, 1.82) is 0 Å². The fraction of sp³-hybridized carbons (Fsp3) is 0.750. The monoisotopic (exact) mass is 210 g/mol. The predicted octanol–water partition coefficient (Wildman–Crippen LogP) is 1.55. The molecule has 1 amide bonds. The Hall–Kier alpha value is -0.830. The molecule has 1 fully saturated rings. The van der Waals surface area contributed by atoms with Gasteiger partial charge in [-0.25, -0.2) is 0 Å². The summed E-state index contributed by atoms with van der Waals surface area (Å²) in [6.07, 6.45) is 5.07. The molecule has 0 aliphatic carbocycles. The van der Waals surface area contributed by atoms with E-state index in [9.17, 15) is 4.79 Å². The van der Waals surface area contributed by atoms with Crippen LogP contribution in [0.1, 0.15) is 33.1 Å². The Morgan fingerprint density at radius 3 is 2.60 bits per heavy atom. The second-order valence-electron chi connectivity index (χ2n) is 4.19. The summed E-state index contributed by atoms with van der Waals surface area (Å²) in [5.41, 5.74) is 0.874. The van der Waals surface area contributed by atoms with Gasteiger partial charge in [-0.15, -0.1) is 0 Å². The highest BCUT2D eigenvalue weighted by atomic mass is 16.2. The van der Waals surface area contributed by atoms with Gasteiger partial charge in [-0.3, -0.25) is 4.79 Å². The quantitative estimate of drug-likeness (QED) is 0.717. The van der Waals surface area contributed by atoms with Crippen molar-refractivity contribution < 1.29 is 4.79 Å². The fourth-order valence-electron chi connectivity index (χ4n) is 2.03. The third-order valence-corrected chi connectivity index (χ3v) is 3.02. The number of allylic oxidation sites excluding steroid dienone is 1. The van der Waals surface area contributed by atoms with Gasteiger partial charge in [-0.2, -0.15) is 0 Å². The van der Waals surface area contributed by atoms with Gasteiger partial charge in [0.05, 0.1) is 0 Å². The SMILES string of the molecule is CC/C=C(\C)C(=O)N(C)C1CCNCC1. The van der Waals surface area contributed by atoms with Gasteiger partial charge in [0, 0.05) is 18.7 Å². The van der Waals surface area contributed by atoms with Gasteiger partial charge in [0.25, 0.3) is 0 Å². The molecular weight excluding hydrogens is 188 g/mol. The highest BCUT2D eigenvalue weighted by Gasteiger charge is 2.22. The zero-order chi connectivity index (χ0) is 11.3. The number of carbonyl (C=O) groups is 1. The molecule has 0 spiro atoms. The van der Waals surface area contributed by atoms with E-state index in [2.05, 4.69) is 12.2 Å². The van der Waals surface area contributed by atoms with Crippen molar-refractivity contribution in [3.05, 3.63) is 11.6 Å². The van der Waals surface area contributed by atoms with Crippen molar-refractivity contribution in [2.24, 2.45) is 0 Å². The summed E-state index contributed by atoms with van der Waals surface area (Å²) >= 11 is 0. The van der Waals surface area contributed by atoms with Crippen LogP contribution in [0.3, 0.4) is 0 Å². The first-order valence-corrected chi connectivity index (χ1v) is 5.81. The van der Waals surface area contributed by atoms with Crippen molar-refractivity contribution in [2.75, 3.05) is 20.1 Å². The Balaban J connectivity index is 2.54. The van der Waals surface area contributed by atoms with Gasteiger partial charge < -0.3 is 10.2 Å². The first-order valence-electron chi connectivity index (χ1n) is 5.81. The predicted molar refractivity (Wildman–Crippen MR) is 62.7 cm³/mol. The standard InChI is InChI=1S/C12H22N2O/c1-4-5-10(2)12(15)14(3)11-6-8-13-9-7-11/h5,11,13H,4,6-9H2,1-3H3/b10-5+. The highest BCUT2D eigenvalue weighted by molar-refractivity contribution is 5.92. The zero-order valence-corrected chi connectivity index (χ0v) is 10.0. The lowest BCUT2D eigenvalue weighted by atomic mass is 10.0. The van der Waals surface area contributed by atoms with E-state index in [0.29, 0.717) is 6.04 Å². The van der Waals surface area contributed by atoms with Gasteiger partial charge >= 0.3 is 0 Å². The lowest BCUT2D eigenvalue weighted by Crippen LogP contribution is -2.44. The van der Waals surface area contributed by atoms with Crippen LogP contribution in [-0.2, 0) is 4.79 Å². The lowest BCUT2D eigenvalue weighted by Gasteiger charge is -2.31. The maximum absolute atomic E-state index is 12.0. The van der Waals surface area contributed by atoms with Crippen molar-refractivity contribution in [1.82, 2.24) is 10.2 Å². The summed E-state index contributed by atoms with van der Waals surface area (Å²) in [7, 11) is 1.92. The van der Waals surface area contributed by atoms with Crippen LogP contribution in [0.25, 0.3) is 0 Å². The molecule has 0 unspecified atom stereocenters. The molecule has 0 radical (unpaired) electrons. The van der Waals surface area contributed by atoms with E-state index >= 15 is 0 Å². The van der Waals surface area contributed by atoms with Crippen LogP contribution in [0.4, 0.5) is 0 Å². The first kappa shape index (κ1) is 12.2. The van der Waals surface area contributed by atoms with Gasteiger partial charge in [0.15, 0.2) is 0 Å². The van der Waals surface area contributed by atoms with E-state index in [1.807, 2.05) is 24.9 Å². The van der Waals surface area contributed by atoms with Crippen molar-refractivity contribution in [3.8, 4) is 0 Å². The maximum atomic E-state index is 12.0. The number of rotatable bonds is 3. The number of likely N-dealkylation sites (N-methyl/N-ethyl adjacent to an activating group) is 1. The molecule has 0 aromatic rings. The number of hydrogen-bond acceptors (Lipinski definition) is 2. The molecule has 0 aromatic carbocycles. The topological polar surface area (TPSA) is 32.3 Å². The smallest absolute Gasteiger partial charge is 0.249 e. The van der Waals surface area contributed by atoms with E-state index in [1.165, 1.54) is 0 Å². The minimum absolute atomic E-state index is 0.184. The molecule has 0 saturated carbocycles. The van der Waals surface area contributed by atoms with Crippen LogP contribution in [0.15, 0.2) is 11.6 Å². The fourth-order valence-corrected chi connectivity index (χ4v) is 2.03. The van der Waals surface area contributed by atoms with Gasteiger partial charge in [0.1, 0.15) is 0 Å². The summed E-state index contributed by atoms with van der Waals surface area (Å²) in [5.74, 6) is 0.184. The number of carbonyl (C=O) groups excluding carboxylic acids is 1. The van der Waals surface area contributed by atoms with E-state index in [4.69, 9.17) is 0 Å². The zero-order valence-electron chi connectivity index (χ0n) is 10.0. The number of piperidine rings is 1. The summed E-state index contributed by atoms with van der Waals surface area (Å²) in [4.78, 5) is 13.9. The third-order valence-electron chi connectivity index (χ3n) is 3.02. The lowest BCUT2D eigenvalue weighted by molar-refractivity contribution is -0.128. The number of amides is 1. The van der Waals surface area contributed by atoms with E-state index in [0.717, 1.165) is 37.9 Å². The van der Waals surface area contributed by atoms with Crippen LogP contribution in [-0.4, -0.2) is 37.0 Å². The van der Waals surface area contributed by atoms with Gasteiger partial charge in [0.2, 0.25) is 5.91 Å². The molecule has 3 nitrogen and oxygen atoms in total. The van der Waals surface area contributed by atoms with Crippen molar-refractivity contribution in [3.63, 3.8) is 0 Å². The Morgan fingerprint density at radius 2 is 2.07 bits per heavy atom. The first-order chi connectivity index (χ1) is 7.16. The molecule has 1 N–H and O–H groups in total. The molecular formula is C12H22N2O. The maximum Gasteiger partial charge on any atom is 0.249 e. The molecule has 0 aromatic heterocycles. The van der Waals surface area contributed by atoms with Crippen LogP contribution in [0, 0.1) is 0 Å². The number of nitrogens with one attached hydrogen (secondary N) is 1. The molecule has 1 heterocycles. The molecule has 0 bridgehead atoms.